The maximum atomic E-state index is 12.5. The smallest absolute Gasteiger partial charge is 0.243 e. The number of benzene rings is 1. The van der Waals surface area contributed by atoms with Crippen molar-refractivity contribution in [2.24, 2.45) is 0 Å². The Morgan fingerprint density at radius 3 is 2.40 bits per heavy atom. The van der Waals surface area contributed by atoms with Crippen LogP contribution in [0.25, 0.3) is 0 Å². The molecule has 0 bridgehead atoms. The molecule has 0 amide bonds. The van der Waals surface area contributed by atoms with E-state index in [0.29, 0.717) is 17.9 Å². The molecule has 1 aromatic heterocycles. The van der Waals surface area contributed by atoms with Gasteiger partial charge in [-0.3, -0.25) is 4.98 Å². The molecular weight excluding hydrogens is 274 g/mol. The van der Waals surface area contributed by atoms with E-state index in [1.165, 1.54) is 16.4 Å². The van der Waals surface area contributed by atoms with Gasteiger partial charge >= 0.3 is 0 Å². The molecule has 0 aliphatic rings. The highest BCUT2D eigenvalue weighted by molar-refractivity contribution is 7.89. The molecule has 0 spiro atoms. The predicted molar refractivity (Wildman–Crippen MR) is 78.4 cm³/mol. The molecule has 5 nitrogen and oxygen atoms in total. The third-order valence-electron chi connectivity index (χ3n) is 2.94. The Morgan fingerprint density at radius 2 is 1.85 bits per heavy atom. The van der Waals surface area contributed by atoms with Crippen molar-refractivity contribution in [1.29, 1.82) is 0 Å². The van der Waals surface area contributed by atoms with E-state index in [9.17, 15) is 8.42 Å². The molecule has 0 aliphatic heterocycles. The Hall–Kier alpha value is -1.92. The quantitative estimate of drug-likeness (QED) is 0.853. The number of sulfonamides is 1. The summed E-state index contributed by atoms with van der Waals surface area (Å²) in [6, 6.07) is 11.7. The summed E-state index contributed by atoms with van der Waals surface area (Å²) in [7, 11) is -3.53. The van der Waals surface area contributed by atoms with E-state index in [1.54, 1.807) is 37.4 Å². The molecule has 0 unspecified atom stereocenters. The van der Waals surface area contributed by atoms with Crippen molar-refractivity contribution in [1.82, 2.24) is 9.29 Å². The van der Waals surface area contributed by atoms with Crippen molar-refractivity contribution in [3.63, 3.8) is 0 Å². The molecule has 20 heavy (non-hydrogen) atoms. The van der Waals surface area contributed by atoms with Crippen molar-refractivity contribution in [3.8, 4) is 0 Å². The normalized spacial score (nSPS) is 11.7. The van der Waals surface area contributed by atoms with Gasteiger partial charge in [0.25, 0.3) is 0 Å². The first-order chi connectivity index (χ1) is 9.54. The topological polar surface area (TPSA) is 76.3 Å². The molecule has 6 heteroatoms. The van der Waals surface area contributed by atoms with Gasteiger partial charge in [0.15, 0.2) is 0 Å². The average Bonchev–Trinajstić information content (AvgIpc) is 2.46. The van der Waals surface area contributed by atoms with E-state index in [4.69, 9.17) is 5.73 Å². The number of aromatic nitrogens is 1. The zero-order valence-corrected chi connectivity index (χ0v) is 12.0. The van der Waals surface area contributed by atoms with Crippen LogP contribution in [-0.2, 0) is 16.6 Å². The molecule has 1 aromatic carbocycles. The van der Waals surface area contributed by atoms with Gasteiger partial charge < -0.3 is 5.73 Å². The number of hydrogen-bond acceptors (Lipinski definition) is 4. The van der Waals surface area contributed by atoms with Crippen LogP contribution in [0.1, 0.15) is 12.6 Å². The van der Waals surface area contributed by atoms with Crippen LogP contribution in [0.2, 0.25) is 0 Å². The lowest BCUT2D eigenvalue weighted by Gasteiger charge is -2.20. The van der Waals surface area contributed by atoms with Crippen LogP contribution < -0.4 is 5.73 Å². The van der Waals surface area contributed by atoms with Gasteiger partial charge in [0.05, 0.1) is 17.1 Å². The third-order valence-corrected chi connectivity index (χ3v) is 4.87. The summed E-state index contributed by atoms with van der Waals surface area (Å²) in [5, 5.41) is 0. The second-order valence-electron chi connectivity index (χ2n) is 4.32. The number of rotatable bonds is 5. The minimum atomic E-state index is -3.53. The summed E-state index contributed by atoms with van der Waals surface area (Å²) in [6.07, 6.45) is 1.65. The second-order valence-corrected chi connectivity index (χ2v) is 6.26. The molecular formula is C14H17N3O2S. The van der Waals surface area contributed by atoms with Crippen LogP contribution in [0.3, 0.4) is 0 Å². The van der Waals surface area contributed by atoms with Crippen molar-refractivity contribution in [3.05, 3.63) is 54.4 Å². The number of anilines is 1. The van der Waals surface area contributed by atoms with E-state index in [1.807, 2.05) is 6.07 Å². The van der Waals surface area contributed by atoms with E-state index in [0.717, 1.165) is 0 Å². The van der Waals surface area contributed by atoms with Crippen LogP contribution in [0.4, 0.5) is 5.69 Å². The lowest BCUT2D eigenvalue weighted by Crippen LogP contribution is -2.30. The summed E-state index contributed by atoms with van der Waals surface area (Å²) >= 11 is 0. The van der Waals surface area contributed by atoms with Gasteiger partial charge in [-0.1, -0.05) is 13.0 Å². The highest BCUT2D eigenvalue weighted by Crippen LogP contribution is 2.18. The summed E-state index contributed by atoms with van der Waals surface area (Å²) < 4.78 is 26.5. The van der Waals surface area contributed by atoms with Gasteiger partial charge in [-0.25, -0.2) is 8.42 Å². The molecule has 2 aromatic rings. The molecule has 0 fully saturated rings. The van der Waals surface area contributed by atoms with Crippen molar-refractivity contribution < 1.29 is 8.42 Å². The fourth-order valence-electron chi connectivity index (χ4n) is 1.83. The first-order valence-electron chi connectivity index (χ1n) is 6.29. The third kappa shape index (κ3) is 3.15. The van der Waals surface area contributed by atoms with Crippen molar-refractivity contribution >= 4 is 15.7 Å². The summed E-state index contributed by atoms with van der Waals surface area (Å²) in [5.74, 6) is 0. The second kappa shape index (κ2) is 6.02. The van der Waals surface area contributed by atoms with Gasteiger partial charge in [-0.05, 0) is 36.4 Å². The number of hydrogen-bond donors (Lipinski definition) is 1. The lowest BCUT2D eigenvalue weighted by atomic mass is 10.3. The summed E-state index contributed by atoms with van der Waals surface area (Å²) in [6.45, 7) is 2.44. The minimum Gasteiger partial charge on any atom is -0.399 e. The van der Waals surface area contributed by atoms with Gasteiger partial charge in [0, 0.05) is 18.4 Å². The zero-order chi connectivity index (χ0) is 14.6. The number of nitrogens with two attached hydrogens (primary N) is 1. The van der Waals surface area contributed by atoms with Crippen LogP contribution >= 0.6 is 0 Å². The largest absolute Gasteiger partial charge is 0.399 e. The van der Waals surface area contributed by atoms with Crippen LogP contribution in [0.5, 0.6) is 0 Å². The van der Waals surface area contributed by atoms with E-state index >= 15 is 0 Å². The number of nitrogens with zero attached hydrogens (tertiary/aromatic N) is 2. The first kappa shape index (κ1) is 14.5. The Kier molecular flexibility index (Phi) is 4.36. The van der Waals surface area contributed by atoms with Gasteiger partial charge in [-0.2, -0.15) is 4.31 Å². The molecule has 2 N–H and O–H groups in total. The van der Waals surface area contributed by atoms with Crippen molar-refractivity contribution in [2.45, 2.75) is 18.4 Å². The van der Waals surface area contributed by atoms with E-state index < -0.39 is 10.0 Å². The van der Waals surface area contributed by atoms with Crippen LogP contribution in [-0.4, -0.2) is 24.3 Å². The molecule has 0 saturated heterocycles. The Labute approximate surface area is 119 Å². The van der Waals surface area contributed by atoms with E-state index in [2.05, 4.69) is 4.98 Å². The molecule has 0 radical (unpaired) electrons. The molecule has 106 valence electrons. The summed E-state index contributed by atoms with van der Waals surface area (Å²) in [5.41, 5.74) is 6.84. The molecule has 0 atom stereocenters. The first-order valence-corrected chi connectivity index (χ1v) is 7.73. The van der Waals surface area contributed by atoms with Gasteiger partial charge in [0.2, 0.25) is 10.0 Å². The fraction of sp³-hybridized carbons (Fsp3) is 0.214. The van der Waals surface area contributed by atoms with Gasteiger partial charge in [-0.15, -0.1) is 0 Å². The minimum absolute atomic E-state index is 0.240. The molecule has 0 saturated carbocycles. The predicted octanol–water partition coefficient (Wildman–Crippen LogP) is 1.87. The number of pyridine rings is 1. The highest BCUT2D eigenvalue weighted by Gasteiger charge is 2.23. The standard InChI is InChI=1S/C14H17N3O2S/c1-2-17(11-13-5-3-4-10-16-13)20(18,19)14-8-6-12(15)7-9-14/h3-10H,2,11,15H2,1H3. The van der Waals surface area contributed by atoms with Gasteiger partial charge in [0.1, 0.15) is 0 Å². The van der Waals surface area contributed by atoms with Crippen LogP contribution in [0, 0.1) is 0 Å². The molecule has 2 rings (SSSR count). The SMILES string of the molecule is CCN(Cc1ccccn1)S(=O)(=O)c1ccc(N)cc1. The fourth-order valence-corrected chi connectivity index (χ4v) is 3.25. The lowest BCUT2D eigenvalue weighted by molar-refractivity contribution is 0.419. The van der Waals surface area contributed by atoms with E-state index in [-0.39, 0.29) is 11.4 Å². The Balaban J connectivity index is 2.28. The Morgan fingerprint density at radius 1 is 1.15 bits per heavy atom. The maximum absolute atomic E-state index is 12.5. The molecule has 1 heterocycles. The average molecular weight is 291 g/mol. The zero-order valence-electron chi connectivity index (χ0n) is 11.2. The maximum Gasteiger partial charge on any atom is 0.243 e. The number of nitrogen functional groups attached to an aromatic ring is 1. The van der Waals surface area contributed by atoms with Crippen molar-refractivity contribution in [2.75, 3.05) is 12.3 Å². The van der Waals surface area contributed by atoms with Crippen LogP contribution in [0.15, 0.2) is 53.6 Å². The monoisotopic (exact) mass is 291 g/mol. The summed E-state index contributed by atoms with van der Waals surface area (Å²) in [4.78, 5) is 4.40. The Bertz CT molecular complexity index is 655. The highest BCUT2D eigenvalue weighted by atomic mass is 32.2. The molecule has 0 aliphatic carbocycles.